The molecule has 8 heteroatoms. The van der Waals surface area contributed by atoms with Crippen LogP contribution in [0.5, 0.6) is 0 Å². The van der Waals surface area contributed by atoms with Crippen LogP contribution in [0.4, 0.5) is 0 Å². The highest BCUT2D eigenvalue weighted by atomic mass is 16.3. The van der Waals surface area contributed by atoms with Gasteiger partial charge in [-0.25, -0.2) is 4.98 Å². The van der Waals surface area contributed by atoms with Crippen LogP contribution in [-0.4, -0.2) is 68.6 Å². The molecule has 1 aromatic carbocycles. The number of fused-ring (bicyclic) bond motifs is 3. The number of amides is 2. The first-order valence-electron chi connectivity index (χ1n) is 9.59. The smallest absolute Gasteiger partial charge is 0.253 e. The summed E-state index contributed by atoms with van der Waals surface area (Å²) in [7, 11) is 1.65. The van der Waals surface area contributed by atoms with Crippen molar-refractivity contribution in [2.24, 2.45) is 0 Å². The first-order valence-corrected chi connectivity index (χ1v) is 9.59. The second kappa shape index (κ2) is 8.00. The molecule has 8 nitrogen and oxygen atoms in total. The number of aromatic nitrogens is 3. The van der Waals surface area contributed by atoms with Gasteiger partial charge in [0.25, 0.3) is 5.91 Å². The molecule has 0 atom stereocenters. The number of hydrogen-bond acceptors (Lipinski definition) is 5. The van der Waals surface area contributed by atoms with Crippen LogP contribution in [0.1, 0.15) is 27.0 Å². The van der Waals surface area contributed by atoms with E-state index in [1.54, 1.807) is 31.4 Å². The van der Waals surface area contributed by atoms with Crippen LogP contribution in [-0.2, 0) is 24.2 Å². The summed E-state index contributed by atoms with van der Waals surface area (Å²) in [5.74, 6) is -0.147. The zero-order valence-corrected chi connectivity index (χ0v) is 16.3. The van der Waals surface area contributed by atoms with Crippen molar-refractivity contribution in [1.82, 2.24) is 25.0 Å². The minimum atomic E-state index is -0.171. The molecule has 0 radical (unpaired) electrons. The fourth-order valence-electron chi connectivity index (χ4n) is 3.74. The third-order valence-corrected chi connectivity index (χ3v) is 5.34. The molecule has 2 aromatic heterocycles. The van der Waals surface area contributed by atoms with E-state index in [4.69, 9.17) is 5.11 Å². The van der Waals surface area contributed by atoms with Crippen LogP contribution in [0.25, 0.3) is 11.0 Å². The highest BCUT2D eigenvalue weighted by molar-refractivity contribution is 5.94. The number of H-pyrrole nitrogens is 1. The molecule has 29 heavy (non-hydrogen) atoms. The predicted molar refractivity (Wildman–Crippen MR) is 107 cm³/mol. The van der Waals surface area contributed by atoms with Gasteiger partial charge in [0.1, 0.15) is 0 Å². The van der Waals surface area contributed by atoms with Gasteiger partial charge in [0.15, 0.2) is 5.65 Å². The standard InChI is InChI=1S/C21H23N5O3/c1-25(7-8-27)21(29)15-4-2-3-14(9-15)10-19(28)26-6-5-17-16(13-26)11-22-20-18(17)12-23-24-20/h2-4,9,11-12,27H,5-8,10,13H2,1H3,(H,22,23,24). The summed E-state index contributed by atoms with van der Waals surface area (Å²) in [5, 5.41) is 17.0. The maximum Gasteiger partial charge on any atom is 0.253 e. The first kappa shape index (κ1) is 19.1. The van der Waals surface area contributed by atoms with E-state index in [0.29, 0.717) is 18.7 Å². The van der Waals surface area contributed by atoms with Crippen molar-refractivity contribution in [3.05, 3.63) is 58.9 Å². The van der Waals surface area contributed by atoms with E-state index >= 15 is 0 Å². The molecule has 1 aliphatic heterocycles. The summed E-state index contributed by atoms with van der Waals surface area (Å²) in [6.07, 6.45) is 4.60. The van der Waals surface area contributed by atoms with Crippen molar-refractivity contribution in [2.45, 2.75) is 19.4 Å². The molecule has 3 heterocycles. The van der Waals surface area contributed by atoms with Crippen LogP contribution < -0.4 is 0 Å². The van der Waals surface area contributed by atoms with Gasteiger partial charge in [0, 0.05) is 43.8 Å². The Labute approximate surface area is 168 Å². The molecule has 4 rings (SSSR count). The fourth-order valence-corrected chi connectivity index (χ4v) is 3.74. The number of nitrogens with zero attached hydrogens (tertiary/aromatic N) is 4. The van der Waals surface area contributed by atoms with E-state index in [1.807, 2.05) is 17.2 Å². The SMILES string of the molecule is CN(CCO)C(=O)c1cccc(CC(=O)N2CCc3c(cnc4[nH]ncc34)C2)c1. The molecule has 0 aliphatic carbocycles. The van der Waals surface area contributed by atoms with Crippen LogP contribution in [0.2, 0.25) is 0 Å². The number of nitrogens with one attached hydrogen (secondary N) is 1. The average molecular weight is 393 g/mol. The average Bonchev–Trinajstić information content (AvgIpc) is 3.22. The van der Waals surface area contributed by atoms with E-state index < -0.39 is 0 Å². The normalized spacial score (nSPS) is 13.4. The van der Waals surface area contributed by atoms with Crippen molar-refractivity contribution in [1.29, 1.82) is 0 Å². The highest BCUT2D eigenvalue weighted by Crippen LogP contribution is 2.25. The van der Waals surface area contributed by atoms with Gasteiger partial charge in [-0.3, -0.25) is 14.7 Å². The molecule has 0 unspecified atom stereocenters. The molecular formula is C21H23N5O3. The number of aliphatic hydroxyl groups excluding tert-OH is 1. The van der Waals surface area contributed by atoms with Crippen molar-refractivity contribution >= 4 is 22.8 Å². The molecule has 2 amide bonds. The van der Waals surface area contributed by atoms with Gasteiger partial charge >= 0.3 is 0 Å². The number of likely N-dealkylation sites (N-methyl/N-ethyl adjacent to an activating group) is 1. The van der Waals surface area contributed by atoms with Gasteiger partial charge in [-0.05, 0) is 35.2 Å². The number of carbonyl (C=O) groups is 2. The molecule has 150 valence electrons. The largest absolute Gasteiger partial charge is 0.395 e. The Hall–Kier alpha value is -3.26. The predicted octanol–water partition coefficient (Wildman–Crippen LogP) is 1.15. The van der Waals surface area contributed by atoms with Crippen molar-refractivity contribution in [3.8, 4) is 0 Å². The molecule has 1 aliphatic rings. The number of aromatic amines is 1. The lowest BCUT2D eigenvalue weighted by atomic mass is 9.98. The van der Waals surface area contributed by atoms with Crippen LogP contribution in [0.15, 0.2) is 36.7 Å². The molecule has 2 N–H and O–H groups in total. The number of benzene rings is 1. The second-order valence-corrected chi connectivity index (χ2v) is 7.29. The zero-order valence-electron chi connectivity index (χ0n) is 16.3. The minimum absolute atomic E-state index is 0.0243. The number of carbonyl (C=O) groups excluding carboxylic acids is 2. The van der Waals surface area contributed by atoms with Gasteiger partial charge in [-0.1, -0.05) is 12.1 Å². The van der Waals surface area contributed by atoms with Gasteiger partial charge in [0.2, 0.25) is 5.91 Å². The summed E-state index contributed by atoms with van der Waals surface area (Å²) < 4.78 is 0. The third kappa shape index (κ3) is 3.84. The van der Waals surface area contributed by atoms with Crippen LogP contribution in [0.3, 0.4) is 0 Å². The Morgan fingerprint density at radius 3 is 3.00 bits per heavy atom. The minimum Gasteiger partial charge on any atom is -0.395 e. The number of rotatable bonds is 5. The number of aliphatic hydroxyl groups is 1. The van der Waals surface area contributed by atoms with E-state index in [9.17, 15) is 9.59 Å². The molecule has 0 fully saturated rings. The molecule has 0 spiro atoms. The number of pyridine rings is 1. The summed E-state index contributed by atoms with van der Waals surface area (Å²) in [6, 6.07) is 7.12. The molecule has 0 saturated heterocycles. The Morgan fingerprint density at radius 2 is 2.17 bits per heavy atom. The lowest BCUT2D eigenvalue weighted by Gasteiger charge is -2.29. The number of hydrogen-bond donors (Lipinski definition) is 2. The maximum atomic E-state index is 12.9. The second-order valence-electron chi connectivity index (χ2n) is 7.29. The van der Waals surface area contributed by atoms with E-state index in [2.05, 4.69) is 15.2 Å². The molecule has 3 aromatic rings. The summed E-state index contributed by atoms with van der Waals surface area (Å²) >= 11 is 0. The highest BCUT2D eigenvalue weighted by Gasteiger charge is 2.23. The lowest BCUT2D eigenvalue weighted by Crippen LogP contribution is -2.37. The lowest BCUT2D eigenvalue weighted by molar-refractivity contribution is -0.131. The quantitative estimate of drug-likeness (QED) is 0.677. The Morgan fingerprint density at radius 1 is 1.31 bits per heavy atom. The summed E-state index contributed by atoms with van der Waals surface area (Å²) in [5.41, 5.74) is 4.34. The van der Waals surface area contributed by atoms with Gasteiger partial charge < -0.3 is 14.9 Å². The molecule has 0 saturated carbocycles. The van der Waals surface area contributed by atoms with E-state index in [-0.39, 0.29) is 31.4 Å². The first-order chi connectivity index (χ1) is 14.1. The summed E-state index contributed by atoms with van der Waals surface area (Å²) in [4.78, 5) is 32.9. The van der Waals surface area contributed by atoms with E-state index in [0.717, 1.165) is 28.6 Å². The Bertz CT molecular complexity index is 1060. The Balaban J connectivity index is 1.46. The summed E-state index contributed by atoms with van der Waals surface area (Å²) in [6.45, 7) is 1.36. The monoisotopic (exact) mass is 393 g/mol. The topological polar surface area (TPSA) is 102 Å². The fraction of sp³-hybridized carbons (Fsp3) is 0.333. The zero-order chi connectivity index (χ0) is 20.4. The van der Waals surface area contributed by atoms with Crippen molar-refractivity contribution in [3.63, 3.8) is 0 Å². The van der Waals surface area contributed by atoms with Crippen LogP contribution >= 0.6 is 0 Å². The van der Waals surface area contributed by atoms with Gasteiger partial charge in [-0.2, -0.15) is 5.10 Å². The van der Waals surface area contributed by atoms with Gasteiger partial charge in [-0.15, -0.1) is 0 Å². The van der Waals surface area contributed by atoms with Crippen LogP contribution in [0, 0.1) is 0 Å². The Kier molecular flexibility index (Phi) is 5.26. The maximum absolute atomic E-state index is 12.9. The van der Waals surface area contributed by atoms with Gasteiger partial charge in [0.05, 0.1) is 19.2 Å². The third-order valence-electron chi connectivity index (χ3n) is 5.34. The molecule has 0 bridgehead atoms. The van der Waals surface area contributed by atoms with E-state index in [1.165, 1.54) is 10.5 Å². The molecular weight excluding hydrogens is 370 g/mol. The van der Waals surface area contributed by atoms with Crippen molar-refractivity contribution < 1.29 is 14.7 Å². The van der Waals surface area contributed by atoms with Crippen molar-refractivity contribution in [2.75, 3.05) is 26.7 Å².